The van der Waals surface area contributed by atoms with Crippen molar-refractivity contribution in [1.29, 1.82) is 0 Å². The third-order valence-corrected chi connectivity index (χ3v) is 5.58. The molecule has 2 atom stereocenters. The van der Waals surface area contributed by atoms with E-state index in [1.165, 1.54) is 0 Å². The molecule has 1 heterocycles. The molecule has 0 fully saturated rings. The minimum Gasteiger partial charge on any atom is -0.548 e. The maximum absolute atomic E-state index is 12.3. The smallest absolute Gasteiger partial charge is 0.344 e. The number of nitrogens with one attached hydrogen (secondary N) is 2. The molecule has 0 aliphatic heterocycles. The summed E-state index contributed by atoms with van der Waals surface area (Å²) in [7, 11) is 0. The molecular weight excluding hydrogens is 428 g/mol. The number of aliphatic carboxylic acids is 1. The van der Waals surface area contributed by atoms with Crippen molar-refractivity contribution in [1.82, 2.24) is 10.6 Å². The van der Waals surface area contributed by atoms with Crippen LogP contribution in [0.15, 0.2) is 45.6 Å². The van der Waals surface area contributed by atoms with Gasteiger partial charge in [0.15, 0.2) is 6.61 Å². The molecular formula is C24H25N2O7-. The molecule has 3 aromatic rings. The summed E-state index contributed by atoms with van der Waals surface area (Å²) in [5.41, 5.74) is 0.468. The zero-order valence-corrected chi connectivity index (χ0v) is 18.6. The van der Waals surface area contributed by atoms with Crippen LogP contribution in [0.5, 0.6) is 5.75 Å². The van der Waals surface area contributed by atoms with Gasteiger partial charge in [-0.1, -0.05) is 38.5 Å². The van der Waals surface area contributed by atoms with Crippen LogP contribution in [0.2, 0.25) is 0 Å². The van der Waals surface area contributed by atoms with E-state index in [9.17, 15) is 24.3 Å². The molecule has 0 spiro atoms. The standard InChI is InChI=1S/C24H26N2O7/c1-4-13(2)21(23(29)30)26-19(27)11-25-20(28)12-32-18-10-9-16-15-7-5-6-8-17(15)24(31)33-22(16)14(18)3/h5-10,13,21H,4,11-12H2,1-3H3,(H,25,28)(H,26,27)(H,29,30)/p-1/t13-,21-/m0/s1. The van der Waals surface area contributed by atoms with Gasteiger partial charge in [-0.25, -0.2) is 4.79 Å². The lowest BCUT2D eigenvalue weighted by atomic mass is 9.99. The Bertz CT molecular complexity index is 1260. The third-order valence-electron chi connectivity index (χ3n) is 5.58. The van der Waals surface area contributed by atoms with E-state index in [0.717, 1.165) is 10.8 Å². The lowest BCUT2D eigenvalue weighted by Crippen LogP contribution is -2.53. The Morgan fingerprint density at radius 2 is 1.76 bits per heavy atom. The lowest BCUT2D eigenvalue weighted by molar-refractivity contribution is -0.309. The van der Waals surface area contributed by atoms with Gasteiger partial charge in [-0.15, -0.1) is 0 Å². The Balaban J connectivity index is 1.63. The third kappa shape index (κ3) is 5.31. The molecule has 0 saturated heterocycles. The first kappa shape index (κ1) is 23.8. The van der Waals surface area contributed by atoms with Crippen LogP contribution in [0.3, 0.4) is 0 Å². The van der Waals surface area contributed by atoms with Gasteiger partial charge in [-0.05, 0) is 36.4 Å². The van der Waals surface area contributed by atoms with Crippen LogP contribution < -0.4 is 26.1 Å². The highest BCUT2D eigenvalue weighted by Crippen LogP contribution is 2.30. The maximum Gasteiger partial charge on any atom is 0.344 e. The predicted octanol–water partition coefficient (Wildman–Crippen LogP) is 1.03. The topological polar surface area (TPSA) is 138 Å². The Kier molecular flexibility index (Phi) is 7.32. The molecule has 3 rings (SSSR count). The number of benzene rings is 2. The van der Waals surface area contributed by atoms with Crippen molar-refractivity contribution in [3.63, 3.8) is 0 Å². The minimum atomic E-state index is -1.38. The van der Waals surface area contributed by atoms with E-state index in [2.05, 4.69) is 10.6 Å². The van der Waals surface area contributed by atoms with Crippen molar-refractivity contribution in [2.45, 2.75) is 33.2 Å². The molecule has 174 valence electrons. The molecule has 0 aliphatic carbocycles. The average Bonchev–Trinajstić information content (AvgIpc) is 2.80. The van der Waals surface area contributed by atoms with Crippen LogP contribution in [0.4, 0.5) is 0 Å². The van der Waals surface area contributed by atoms with Crippen LogP contribution in [0, 0.1) is 12.8 Å². The van der Waals surface area contributed by atoms with Crippen molar-refractivity contribution < 1.29 is 28.6 Å². The number of carboxylic acids is 1. The number of carbonyl (C=O) groups is 3. The van der Waals surface area contributed by atoms with Crippen LogP contribution >= 0.6 is 0 Å². The summed E-state index contributed by atoms with van der Waals surface area (Å²) in [6.07, 6.45) is 0.542. The summed E-state index contributed by atoms with van der Waals surface area (Å²) >= 11 is 0. The summed E-state index contributed by atoms with van der Waals surface area (Å²) in [5.74, 6) is -2.55. The zero-order valence-electron chi connectivity index (χ0n) is 18.6. The Hall–Kier alpha value is -3.88. The van der Waals surface area contributed by atoms with Gasteiger partial charge in [0.2, 0.25) is 5.91 Å². The van der Waals surface area contributed by atoms with Crippen LogP contribution in [-0.2, 0) is 14.4 Å². The molecule has 0 unspecified atom stereocenters. The number of carboxylic acid groups (broad SMARTS) is 1. The molecule has 0 saturated carbocycles. The second-order valence-corrected chi connectivity index (χ2v) is 7.82. The highest BCUT2D eigenvalue weighted by molar-refractivity contribution is 6.05. The van der Waals surface area contributed by atoms with E-state index in [-0.39, 0.29) is 12.5 Å². The van der Waals surface area contributed by atoms with Crippen molar-refractivity contribution in [2.75, 3.05) is 13.2 Å². The second kappa shape index (κ2) is 10.2. The molecule has 9 nitrogen and oxygen atoms in total. The fourth-order valence-electron chi connectivity index (χ4n) is 3.48. The number of fused-ring (bicyclic) bond motifs is 3. The Morgan fingerprint density at radius 1 is 1.06 bits per heavy atom. The second-order valence-electron chi connectivity index (χ2n) is 7.82. The molecule has 33 heavy (non-hydrogen) atoms. The summed E-state index contributed by atoms with van der Waals surface area (Å²) in [6.45, 7) is 4.42. The van der Waals surface area contributed by atoms with Gasteiger partial charge >= 0.3 is 5.63 Å². The molecule has 2 amide bonds. The van der Waals surface area contributed by atoms with Gasteiger partial charge in [0, 0.05) is 10.9 Å². The quantitative estimate of drug-likeness (QED) is 0.365. The molecule has 2 aromatic carbocycles. The first-order valence-electron chi connectivity index (χ1n) is 10.6. The summed E-state index contributed by atoms with van der Waals surface area (Å²) in [4.78, 5) is 47.6. The minimum absolute atomic E-state index is 0.314. The lowest BCUT2D eigenvalue weighted by Gasteiger charge is -2.25. The first-order chi connectivity index (χ1) is 15.7. The van der Waals surface area contributed by atoms with Crippen molar-refractivity contribution in [2.24, 2.45) is 5.92 Å². The number of ether oxygens (including phenoxy) is 1. The fraction of sp³-hybridized carbons (Fsp3) is 0.333. The van der Waals surface area contributed by atoms with E-state index in [1.807, 2.05) is 12.1 Å². The maximum atomic E-state index is 12.3. The molecule has 0 bridgehead atoms. The molecule has 1 aromatic heterocycles. The van der Waals surface area contributed by atoms with Crippen molar-refractivity contribution >= 4 is 39.5 Å². The number of amides is 2. The van der Waals surface area contributed by atoms with Gasteiger partial charge in [0.1, 0.15) is 11.3 Å². The Labute approximate surface area is 189 Å². The summed E-state index contributed by atoms with van der Waals surface area (Å²) < 4.78 is 11.0. The van der Waals surface area contributed by atoms with Gasteiger partial charge in [-0.2, -0.15) is 0 Å². The van der Waals surface area contributed by atoms with Gasteiger partial charge < -0.3 is 29.7 Å². The number of hydrogen-bond donors (Lipinski definition) is 2. The first-order valence-corrected chi connectivity index (χ1v) is 10.6. The van der Waals surface area contributed by atoms with Crippen molar-refractivity contribution in [3.8, 4) is 5.75 Å². The van der Waals surface area contributed by atoms with E-state index in [4.69, 9.17) is 9.15 Å². The molecule has 2 N–H and O–H groups in total. The number of carbonyl (C=O) groups excluding carboxylic acids is 3. The highest BCUT2D eigenvalue weighted by atomic mass is 16.5. The summed E-state index contributed by atoms with van der Waals surface area (Å²) in [5, 5.41) is 17.9. The number of aryl methyl sites for hydroxylation is 1. The normalized spacial score (nSPS) is 12.8. The van der Waals surface area contributed by atoms with Gasteiger partial charge in [0.05, 0.1) is 23.9 Å². The van der Waals surface area contributed by atoms with Crippen LogP contribution in [-0.4, -0.2) is 37.0 Å². The summed E-state index contributed by atoms with van der Waals surface area (Å²) in [6, 6.07) is 9.42. The van der Waals surface area contributed by atoms with E-state index >= 15 is 0 Å². The van der Waals surface area contributed by atoms with E-state index in [1.54, 1.807) is 45.0 Å². The van der Waals surface area contributed by atoms with Gasteiger partial charge in [-0.3, -0.25) is 9.59 Å². The highest BCUT2D eigenvalue weighted by Gasteiger charge is 2.20. The molecule has 0 aliphatic rings. The monoisotopic (exact) mass is 453 g/mol. The van der Waals surface area contributed by atoms with Crippen LogP contribution in [0.1, 0.15) is 25.8 Å². The molecule has 9 heteroatoms. The SMILES string of the molecule is CC[C@H](C)[C@H](NC(=O)CNC(=O)COc1ccc2c(oc(=O)c3ccccc32)c1C)C(=O)[O-]. The zero-order chi connectivity index (χ0) is 24.1. The van der Waals surface area contributed by atoms with Crippen molar-refractivity contribution in [3.05, 3.63) is 52.4 Å². The predicted molar refractivity (Wildman–Crippen MR) is 120 cm³/mol. The number of rotatable bonds is 9. The Morgan fingerprint density at radius 3 is 2.42 bits per heavy atom. The van der Waals surface area contributed by atoms with E-state index < -0.39 is 36.0 Å². The molecule has 0 radical (unpaired) electrons. The van der Waals surface area contributed by atoms with Crippen LogP contribution in [0.25, 0.3) is 21.7 Å². The fourth-order valence-corrected chi connectivity index (χ4v) is 3.48. The van der Waals surface area contributed by atoms with E-state index in [0.29, 0.717) is 28.7 Å². The number of hydrogen-bond acceptors (Lipinski definition) is 7. The van der Waals surface area contributed by atoms with Gasteiger partial charge in [0.25, 0.3) is 5.91 Å². The average molecular weight is 453 g/mol. The largest absolute Gasteiger partial charge is 0.548 e.